The van der Waals surface area contributed by atoms with Crippen molar-refractivity contribution in [2.24, 2.45) is 0 Å². The van der Waals surface area contributed by atoms with Gasteiger partial charge in [0.15, 0.2) is 0 Å². The lowest BCUT2D eigenvalue weighted by Crippen LogP contribution is -2.27. The van der Waals surface area contributed by atoms with E-state index < -0.39 is 15.9 Å². The van der Waals surface area contributed by atoms with Crippen LogP contribution in [0.4, 0.5) is 11.5 Å². The molecule has 33 heavy (non-hydrogen) atoms. The van der Waals surface area contributed by atoms with Crippen LogP contribution in [0.2, 0.25) is 0 Å². The van der Waals surface area contributed by atoms with Crippen LogP contribution >= 0.6 is 11.8 Å². The highest BCUT2D eigenvalue weighted by Gasteiger charge is 2.30. The first kappa shape index (κ1) is 22.8. The number of nitrogens with two attached hydrogens (primary N) is 1. The van der Waals surface area contributed by atoms with Crippen LogP contribution in [-0.4, -0.2) is 36.7 Å². The summed E-state index contributed by atoms with van der Waals surface area (Å²) in [5, 5.41) is 12.5. The van der Waals surface area contributed by atoms with Gasteiger partial charge in [-0.15, -0.1) is 0 Å². The minimum atomic E-state index is -3.64. The number of nitrogens with one attached hydrogen (secondary N) is 1. The van der Waals surface area contributed by atoms with E-state index >= 15 is 0 Å². The minimum Gasteiger partial charge on any atom is -0.447 e. The molecular formula is C22H21N5O4S2. The van der Waals surface area contributed by atoms with Gasteiger partial charge in [0.05, 0.1) is 16.9 Å². The largest absolute Gasteiger partial charge is 0.447 e. The van der Waals surface area contributed by atoms with E-state index in [4.69, 9.17) is 10.2 Å². The van der Waals surface area contributed by atoms with Gasteiger partial charge in [0, 0.05) is 18.8 Å². The highest BCUT2D eigenvalue weighted by Crippen LogP contribution is 2.30. The van der Waals surface area contributed by atoms with Crippen LogP contribution in [0.5, 0.6) is 0 Å². The van der Waals surface area contributed by atoms with Crippen LogP contribution in [0.15, 0.2) is 63.1 Å². The van der Waals surface area contributed by atoms with E-state index in [0.29, 0.717) is 29.6 Å². The molecule has 0 bridgehead atoms. The Morgan fingerprint density at radius 1 is 1.21 bits per heavy atom. The molecule has 170 valence electrons. The Morgan fingerprint density at radius 2 is 1.94 bits per heavy atom. The SMILES string of the molecule is N#Cc1cc(C(=O)Nc2ccccc2)c(N)nc1SCc1ccc(S(=O)(=O)N2CCCC2)o1. The molecule has 0 saturated carbocycles. The maximum absolute atomic E-state index is 12.6. The normalized spacial score (nSPS) is 14.2. The fourth-order valence-corrected chi connectivity index (χ4v) is 5.67. The number of rotatable bonds is 7. The average molecular weight is 484 g/mol. The number of amides is 1. The van der Waals surface area contributed by atoms with Crippen molar-refractivity contribution < 1.29 is 17.6 Å². The molecule has 4 rings (SSSR count). The third-order valence-electron chi connectivity index (χ3n) is 5.06. The topological polar surface area (TPSA) is 142 Å². The summed E-state index contributed by atoms with van der Waals surface area (Å²) in [7, 11) is -3.64. The molecule has 0 unspecified atom stereocenters. The average Bonchev–Trinajstić information content (AvgIpc) is 3.51. The van der Waals surface area contributed by atoms with Crippen LogP contribution in [0.25, 0.3) is 0 Å². The van der Waals surface area contributed by atoms with Gasteiger partial charge < -0.3 is 15.5 Å². The second kappa shape index (κ2) is 9.66. The maximum Gasteiger partial charge on any atom is 0.276 e. The van der Waals surface area contributed by atoms with Crippen molar-refractivity contribution in [3.63, 3.8) is 0 Å². The number of pyridine rings is 1. The van der Waals surface area contributed by atoms with Crippen molar-refractivity contribution in [2.75, 3.05) is 24.1 Å². The zero-order valence-corrected chi connectivity index (χ0v) is 19.2. The van der Waals surface area contributed by atoms with Gasteiger partial charge in [-0.3, -0.25) is 4.79 Å². The molecule has 3 N–H and O–H groups in total. The summed E-state index contributed by atoms with van der Waals surface area (Å²) >= 11 is 1.17. The number of para-hydroxylation sites is 1. The monoisotopic (exact) mass is 483 g/mol. The van der Waals surface area contributed by atoms with Gasteiger partial charge in [-0.1, -0.05) is 30.0 Å². The molecule has 3 aromatic rings. The predicted octanol–water partition coefficient (Wildman–Crippen LogP) is 3.46. The maximum atomic E-state index is 12.6. The molecule has 0 atom stereocenters. The first-order chi connectivity index (χ1) is 15.9. The van der Waals surface area contributed by atoms with Crippen LogP contribution in [-0.2, 0) is 15.8 Å². The molecular weight excluding hydrogens is 462 g/mol. The number of carbonyl (C=O) groups excluding carboxylic acids is 1. The summed E-state index contributed by atoms with van der Waals surface area (Å²) in [6, 6.07) is 15.3. The second-order valence-corrected chi connectivity index (χ2v) is 10.2. The van der Waals surface area contributed by atoms with E-state index in [2.05, 4.69) is 10.3 Å². The number of nitrogen functional groups attached to an aromatic ring is 1. The van der Waals surface area contributed by atoms with Crippen LogP contribution in [0.1, 0.15) is 34.5 Å². The molecule has 1 aliphatic heterocycles. The van der Waals surface area contributed by atoms with Gasteiger partial charge >= 0.3 is 0 Å². The lowest BCUT2D eigenvalue weighted by Gasteiger charge is -2.12. The Labute approximate surface area is 195 Å². The quantitative estimate of drug-likeness (QED) is 0.487. The Kier molecular flexibility index (Phi) is 6.69. The van der Waals surface area contributed by atoms with E-state index in [1.165, 1.54) is 28.2 Å². The van der Waals surface area contributed by atoms with Crippen molar-refractivity contribution in [2.45, 2.75) is 28.7 Å². The number of thioether (sulfide) groups is 1. The zero-order valence-electron chi connectivity index (χ0n) is 17.5. The molecule has 1 amide bonds. The number of anilines is 2. The Hall–Kier alpha value is -3.33. The van der Waals surface area contributed by atoms with E-state index in [9.17, 15) is 18.5 Å². The molecule has 0 spiro atoms. The fraction of sp³-hybridized carbons (Fsp3) is 0.227. The summed E-state index contributed by atoms with van der Waals surface area (Å²) in [5.41, 5.74) is 6.87. The van der Waals surface area contributed by atoms with E-state index in [-0.39, 0.29) is 27.8 Å². The van der Waals surface area contributed by atoms with Crippen LogP contribution in [0, 0.1) is 11.3 Å². The van der Waals surface area contributed by atoms with Crippen molar-refractivity contribution in [1.29, 1.82) is 5.26 Å². The van der Waals surface area contributed by atoms with Gasteiger partial charge in [0.25, 0.3) is 15.9 Å². The summed E-state index contributed by atoms with van der Waals surface area (Å²) in [6.45, 7) is 0.984. The van der Waals surface area contributed by atoms with E-state index in [1.54, 1.807) is 30.3 Å². The molecule has 11 heteroatoms. The van der Waals surface area contributed by atoms with Crippen molar-refractivity contribution in [1.82, 2.24) is 9.29 Å². The van der Waals surface area contributed by atoms with Gasteiger partial charge in [-0.05, 0) is 43.2 Å². The van der Waals surface area contributed by atoms with Gasteiger partial charge in [0.1, 0.15) is 22.7 Å². The molecule has 9 nitrogen and oxygen atoms in total. The molecule has 2 aromatic heterocycles. The minimum absolute atomic E-state index is 0.0123. The number of furan rings is 1. The summed E-state index contributed by atoms with van der Waals surface area (Å²) in [4.78, 5) is 16.8. The number of nitrogens with zero attached hydrogens (tertiary/aromatic N) is 3. The molecule has 1 saturated heterocycles. The lowest BCUT2D eigenvalue weighted by atomic mass is 10.2. The lowest BCUT2D eigenvalue weighted by molar-refractivity contribution is 0.102. The molecule has 1 fully saturated rings. The molecule has 3 heterocycles. The smallest absolute Gasteiger partial charge is 0.276 e. The molecule has 0 aliphatic carbocycles. The number of aromatic nitrogens is 1. The van der Waals surface area contributed by atoms with Crippen LogP contribution in [0.3, 0.4) is 0 Å². The van der Waals surface area contributed by atoms with Crippen molar-refractivity contribution >= 4 is 39.2 Å². The van der Waals surface area contributed by atoms with E-state index in [0.717, 1.165) is 12.8 Å². The number of hydrogen-bond donors (Lipinski definition) is 2. The first-order valence-electron chi connectivity index (χ1n) is 10.2. The summed E-state index contributed by atoms with van der Waals surface area (Å²) < 4.78 is 32.2. The van der Waals surface area contributed by atoms with Gasteiger partial charge in [0.2, 0.25) is 5.09 Å². The fourth-order valence-electron chi connectivity index (χ4n) is 3.37. The third kappa shape index (κ3) is 5.03. The zero-order chi connectivity index (χ0) is 23.4. The Balaban J connectivity index is 1.48. The molecule has 1 aliphatic rings. The summed E-state index contributed by atoms with van der Waals surface area (Å²) in [6.07, 6.45) is 1.68. The van der Waals surface area contributed by atoms with Gasteiger partial charge in [-0.25, -0.2) is 13.4 Å². The number of benzene rings is 1. The number of sulfonamides is 1. The number of carbonyl (C=O) groups is 1. The van der Waals surface area contributed by atoms with Crippen molar-refractivity contribution in [3.05, 3.63) is 65.4 Å². The standard InChI is InChI=1S/C22H21N5O4S2/c23-13-15-12-18(21(28)25-16-6-2-1-3-7-16)20(24)26-22(15)32-14-17-8-9-19(31-17)33(29,30)27-10-4-5-11-27/h1-3,6-9,12H,4-5,10-11,14H2,(H2,24,26)(H,25,28). The van der Waals surface area contributed by atoms with Crippen LogP contribution < -0.4 is 11.1 Å². The first-order valence-corrected chi connectivity index (χ1v) is 12.6. The third-order valence-corrected chi connectivity index (χ3v) is 7.85. The Bertz CT molecular complexity index is 1310. The predicted molar refractivity (Wildman–Crippen MR) is 124 cm³/mol. The Morgan fingerprint density at radius 3 is 2.64 bits per heavy atom. The number of hydrogen-bond acceptors (Lipinski definition) is 8. The van der Waals surface area contributed by atoms with E-state index in [1.807, 2.05) is 12.1 Å². The highest BCUT2D eigenvalue weighted by molar-refractivity contribution is 7.98. The highest BCUT2D eigenvalue weighted by atomic mass is 32.2. The number of nitriles is 1. The molecule has 0 radical (unpaired) electrons. The summed E-state index contributed by atoms with van der Waals surface area (Å²) in [5.74, 6) is 0.184. The molecule has 1 aromatic carbocycles. The second-order valence-electron chi connectivity index (χ2n) is 7.33. The van der Waals surface area contributed by atoms with Crippen molar-refractivity contribution in [3.8, 4) is 6.07 Å². The van der Waals surface area contributed by atoms with Gasteiger partial charge in [-0.2, -0.15) is 9.57 Å².